The third-order valence-corrected chi connectivity index (χ3v) is 3.34. The van der Waals surface area contributed by atoms with Crippen LogP contribution in [0.4, 0.5) is 0 Å². The van der Waals surface area contributed by atoms with Crippen molar-refractivity contribution < 1.29 is 4.79 Å². The molecule has 4 nitrogen and oxygen atoms in total. The van der Waals surface area contributed by atoms with Crippen molar-refractivity contribution in [3.63, 3.8) is 0 Å². The Balaban J connectivity index is 2.39. The van der Waals surface area contributed by atoms with E-state index in [-0.39, 0.29) is 18.0 Å². The molecule has 106 valence electrons. The molecular weight excluding hydrogens is 240 g/mol. The molecule has 1 unspecified atom stereocenters. The van der Waals surface area contributed by atoms with E-state index in [9.17, 15) is 9.59 Å². The summed E-state index contributed by atoms with van der Waals surface area (Å²) in [7, 11) is 0. The van der Waals surface area contributed by atoms with Gasteiger partial charge in [0.2, 0.25) is 5.91 Å². The number of hydrogen-bond acceptors (Lipinski definition) is 2. The SMILES string of the molecule is CCCCC(CC)CNC(=O)Cn1ccccc1=O. The number of carbonyl (C=O) groups excluding carboxylic acids is 1. The molecule has 0 aromatic carbocycles. The van der Waals surface area contributed by atoms with E-state index in [4.69, 9.17) is 0 Å². The van der Waals surface area contributed by atoms with Crippen molar-refractivity contribution in [2.24, 2.45) is 5.92 Å². The van der Waals surface area contributed by atoms with Crippen LogP contribution < -0.4 is 10.9 Å². The average Bonchev–Trinajstić information content (AvgIpc) is 2.41. The van der Waals surface area contributed by atoms with Crippen LogP contribution in [0.3, 0.4) is 0 Å². The fourth-order valence-electron chi connectivity index (χ4n) is 2.00. The number of rotatable bonds is 8. The zero-order valence-electron chi connectivity index (χ0n) is 11.9. The predicted octanol–water partition coefficient (Wildman–Crippen LogP) is 2.18. The quantitative estimate of drug-likeness (QED) is 0.782. The molecule has 0 bridgehead atoms. The molecule has 0 fully saturated rings. The van der Waals surface area contributed by atoms with Crippen LogP contribution in [0.15, 0.2) is 29.2 Å². The first-order valence-electron chi connectivity index (χ1n) is 7.09. The van der Waals surface area contributed by atoms with Gasteiger partial charge in [0.15, 0.2) is 0 Å². The molecule has 19 heavy (non-hydrogen) atoms. The standard InChI is InChI=1S/C15H24N2O2/c1-3-5-8-13(4-2)11-16-14(18)12-17-10-7-6-9-15(17)19/h6-7,9-10,13H,3-5,8,11-12H2,1-2H3,(H,16,18). The van der Waals surface area contributed by atoms with Crippen molar-refractivity contribution in [3.05, 3.63) is 34.7 Å². The lowest BCUT2D eigenvalue weighted by Gasteiger charge is -2.15. The van der Waals surface area contributed by atoms with Crippen molar-refractivity contribution in [3.8, 4) is 0 Å². The predicted molar refractivity (Wildman–Crippen MR) is 77.0 cm³/mol. The van der Waals surface area contributed by atoms with E-state index in [0.717, 1.165) is 12.8 Å². The lowest BCUT2D eigenvalue weighted by molar-refractivity contribution is -0.121. The van der Waals surface area contributed by atoms with Crippen LogP contribution in [0.2, 0.25) is 0 Å². The highest BCUT2D eigenvalue weighted by Gasteiger charge is 2.08. The van der Waals surface area contributed by atoms with Gasteiger partial charge in [0, 0.05) is 18.8 Å². The summed E-state index contributed by atoms with van der Waals surface area (Å²) in [6.07, 6.45) is 6.25. The summed E-state index contributed by atoms with van der Waals surface area (Å²) < 4.78 is 1.42. The number of nitrogens with zero attached hydrogens (tertiary/aromatic N) is 1. The number of nitrogens with one attached hydrogen (secondary N) is 1. The number of amides is 1. The molecule has 1 aromatic rings. The smallest absolute Gasteiger partial charge is 0.250 e. The fourth-order valence-corrected chi connectivity index (χ4v) is 2.00. The summed E-state index contributed by atoms with van der Waals surface area (Å²) in [5.74, 6) is 0.444. The Hall–Kier alpha value is -1.58. The summed E-state index contributed by atoms with van der Waals surface area (Å²) in [6.45, 7) is 5.13. The lowest BCUT2D eigenvalue weighted by atomic mass is 9.99. The Kier molecular flexibility index (Phi) is 6.93. The van der Waals surface area contributed by atoms with Gasteiger partial charge in [-0.1, -0.05) is 39.2 Å². The fraction of sp³-hybridized carbons (Fsp3) is 0.600. The van der Waals surface area contributed by atoms with Gasteiger partial charge in [0.25, 0.3) is 5.56 Å². The average molecular weight is 264 g/mol. The van der Waals surface area contributed by atoms with Gasteiger partial charge < -0.3 is 9.88 Å². The summed E-state index contributed by atoms with van der Waals surface area (Å²) in [5.41, 5.74) is -0.143. The van der Waals surface area contributed by atoms with E-state index in [1.165, 1.54) is 23.5 Å². The molecule has 4 heteroatoms. The molecule has 1 amide bonds. The second-order valence-corrected chi connectivity index (χ2v) is 4.89. The minimum absolute atomic E-state index is 0.0942. The third kappa shape index (κ3) is 5.73. The van der Waals surface area contributed by atoms with Crippen LogP contribution in [0, 0.1) is 5.92 Å². The Bertz CT molecular complexity index is 440. The minimum atomic E-state index is -0.143. The van der Waals surface area contributed by atoms with Gasteiger partial charge in [0.1, 0.15) is 6.54 Å². The summed E-state index contributed by atoms with van der Waals surface area (Å²) in [4.78, 5) is 23.3. The van der Waals surface area contributed by atoms with Crippen LogP contribution in [0.25, 0.3) is 0 Å². The largest absolute Gasteiger partial charge is 0.354 e. The van der Waals surface area contributed by atoms with Gasteiger partial charge in [-0.25, -0.2) is 0 Å². The first kappa shape index (κ1) is 15.5. The lowest BCUT2D eigenvalue weighted by Crippen LogP contribution is -2.34. The van der Waals surface area contributed by atoms with Crippen molar-refractivity contribution in [2.75, 3.05) is 6.54 Å². The topological polar surface area (TPSA) is 51.1 Å². The number of carbonyl (C=O) groups is 1. The first-order valence-corrected chi connectivity index (χ1v) is 7.09. The molecular formula is C15H24N2O2. The minimum Gasteiger partial charge on any atom is -0.354 e. The van der Waals surface area contributed by atoms with Crippen molar-refractivity contribution in [2.45, 2.75) is 46.1 Å². The van der Waals surface area contributed by atoms with Crippen LogP contribution >= 0.6 is 0 Å². The first-order chi connectivity index (χ1) is 9.17. The second kappa shape index (κ2) is 8.51. The Morgan fingerprint density at radius 3 is 2.79 bits per heavy atom. The second-order valence-electron chi connectivity index (χ2n) is 4.89. The molecule has 0 saturated heterocycles. The van der Waals surface area contributed by atoms with Crippen molar-refractivity contribution in [1.82, 2.24) is 9.88 Å². The van der Waals surface area contributed by atoms with E-state index in [0.29, 0.717) is 12.5 Å². The Morgan fingerprint density at radius 2 is 2.16 bits per heavy atom. The van der Waals surface area contributed by atoms with Crippen molar-refractivity contribution >= 4 is 5.91 Å². The number of pyridine rings is 1. The molecule has 0 aliphatic carbocycles. The van der Waals surface area contributed by atoms with Crippen LogP contribution in [0.5, 0.6) is 0 Å². The van der Waals surface area contributed by atoms with Gasteiger partial charge >= 0.3 is 0 Å². The highest BCUT2D eigenvalue weighted by Crippen LogP contribution is 2.10. The van der Waals surface area contributed by atoms with E-state index >= 15 is 0 Å². The number of unbranched alkanes of at least 4 members (excludes halogenated alkanes) is 1. The maximum absolute atomic E-state index is 11.8. The van der Waals surface area contributed by atoms with Crippen molar-refractivity contribution in [1.29, 1.82) is 0 Å². The highest BCUT2D eigenvalue weighted by molar-refractivity contribution is 5.75. The van der Waals surface area contributed by atoms with Crippen LogP contribution in [0.1, 0.15) is 39.5 Å². The Labute approximate surface area is 114 Å². The van der Waals surface area contributed by atoms with Gasteiger partial charge in [0.05, 0.1) is 0 Å². The van der Waals surface area contributed by atoms with Crippen LogP contribution in [-0.2, 0) is 11.3 Å². The number of aromatic nitrogens is 1. The molecule has 0 spiro atoms. The van der Waals surface area contributed by atoms with Gasteiger partial charge in [-0.3, -0.25) is 9.59 Å². The maximum atomic E-state index is 11.8. The summed E-state index contributed by atoms with van der Waals surface area (Å²) in [5, 5.41) is 2.92. The molecule has 1 rings (SSSR count). The molecule has 1 heterocycles. The normalized spacial score (nSPS) is 12.1. The third-order valence-electron chi connectivity index (χ3n) is 3.34. The Morgan fingerprint density at radius 1 is 1.37 bits per heavy atom. The zero-order chi connectivity index (χ0) is 14.1. The highest BCUT2D eigenvalue weighted by atomic mass is 16.2. The zero-order valence-corrected chi connectivity index (χ0v) is 11.9. The van der Waals surface area contributed by atoms with Gasteiger partial charge in [-0.05, 0) is 18.4 Å². The maximum Gasteiger partial charge on any atom is 0.250 e. The molecule has 1 aromatic heterocycles. The van der Waals surface area contributed by atoms with Gasteiger partial charge in [-0.2, -0.15) is 0 Å². The van der Waals surface area contributed by atoms with E-state index in [1.54, 1.807) is 18.3 Å². The van der Waals surface area contributed by atoms with E-state index < -0.39 is 0 Å². The van der Waals surface area contributed by atoms with E-state index in [1.807, 2.05) is 0 Å². The monoisotopic (exact) mass is 264 g/mol. The van der Waals surface area contributed by atoms with E-state index in [2.05, 4.69) is 19.2 Å². The summed E-state index contributed by atoms with van der Waals surface area (Å²) in [6, 6.07) is 4.89. The molecule has 0 aliphatic heterocycles. The van der Waals surface area contributed by atoms with Gasteiger partial charge in [-0.15, -0.1) is 0 Å². The molecule has 0 radical (unpaired) electrons. The van der Waals surface area contributed by atoms with Crippen LogP contribution in [-0.4, -0.2) is 17.0 Å². The molecule has 0 saturated carbocycles. The summed E-state index contributed by atoms with van der Waals surface area (Å²) >= 11 is 0. The molecule has 1 atom stereocenters. The molecule has 0 aliphatic rings. The molecule has 1 N–H and O–H groups in total. The number of hydrogen-bond donors (Lipinski definition) is 1.